The molecule has 0 saturated carbocycles. The van der Waals surface area contributed by atoms with Crippen molar-refractivity contribution in [1.29, 1.82) is 0 Å². The van der Waals surface area contributed by atoms with Crippen LogP contribution in [0.2, 0.25) is 0 Å². The summed E-state index contributed by atoms with van der Waals surface area (Å²) >= 11 is 0. The van der Waals surface area contributed by atoms with Gasteiger partial charge >= 0.3 is 51.4 Å². The van der Waals surface area contributed by atoms with Crippen molar-refractivity contribution in [3.05, 3.63) is 44.2 Å². The molecule has 0 spiro atoms. The Morgan fingerprint density at radius 3 is 2.58 bits per heavy atom. The van der Waals surface area contributed by atoms with Gasteiger partial charge in [-0.15, -0.1) is 0 Å². The van der Waals surface area contributed by atoms with Crippen molar-refractivity contribution >= 4 is 10.9 Å². The van der Waals surface area contributed by atoms with Gasteiger partial charge in [-0.2, -0.15) is 0 Å². The first-order chi connectivity index (χ1) is 4.97. The summed E-state index contributed by atoms with van der Waals surface area (Å²) < 4.78 is 0. The van der Waals surface area contributed by atoms with Gasteiger partial charge in [-0.25, -0.2) is 9.97 Å². The zero-order valence-electron chi connectivity index (χ0n) is 7.36. The normalized spacial score (nSPS) is 8.33. The van der Waals surface area contributed by atoms with Crippen LogP contribution in [0.3, 0.4) is 0 Å². The third kappa shape index (κ3) is 2.60. The second kappa shape index (κ2) is 5.78. The van der Waals surface area contributed by atoms with E-state index in [2.05, 4.69) is 9.97 Å². The summed E-state index contributed by atoms with van der Waals surface area (Å²) in [6.45, 7) is 0. The standard InChI is InChI=1S/C8H6N2.CH3.K/c1-2-4-8-7(3-1)5-9-6-10-8;;/h1-6H;1H3;/q;-1;+1. The average molecular weight is 184 g/mol. The summed E-state index contributed by atoms with van der Waals surface area (Å²) in [6.07, 6.45) is 3.37. The Labute approximate surface area is 115 Å². The molecule has 2 aromatic rings. The number of benzene rings is 1. The van der Waals surface area contributed by atoms with Crippen molar-refractivity contribution in [2.75, 3.05) is 0 Å². The van der Waals surface area contributed by atoms with E-state index in [-0.39, 0.29) is 58.8 Å². The Hall–Kier alpha value is 0.196. The molecule has 0 aliphatic rings. The Balaban J connectivity index is 0.000000605. The SMILES string of the molecule is [CH3-].[K+].c1ccc2ncncc2c1. The van der Waals surface area contributed by atoms with E-state index < -0.39 is 0 Å². The van der Waals surface area contributed by atoms with Crippen LogP contribution in [0.1, 0.15) is 0 Å². The first-order valence-electron chi connectivity index (χ1n) is 3.11. The third-order valence-electron chi connectivity index (χ3n) is 1.41. The monoisotopic (exact) mass is 184 g/mol. The average Bonchev–Trinajstić information content (AvgIpc) is 2.05. The molecule has 2 rings (SSSR count). The second-order valence-electron chi connectivity index (χ2n) is 2.08. The fraction of sp³-hybridized carbons (Fsp3) is 0. The number of fused-ring (bicyclic) bond motifs is 1. The van der Waals surface area contributed by atoms with Crippen LogP contribution in [-0.4, -0.2) is 9.97 Å². The van der Waals surface area contributed by atoms with E-state index in [1.165, 1.54) is 0 Å². The summed E-state index contributed by atoms with van der Waals surface area (Å²) in [5.74, 6) is 0. The molecule has 1 aromatic carbocycles. The molecule has 0 radical (unpaired) electrons. The molecule has 2 nitrogen and oxygen atoms in total. The van der Waals surface area contributed by atoms with Crippen molar-refractivity contribution in [3.8, 4) is 0 Å². The van der Waals surface area contributed by atoms with Crippen LogP contribution < -0.4 is 51.4 Å². The van der Waals surface area contributed by atoms with Crippen molar-refractivity contribution in [2.45, 2.75) is 0 Å². The van der Waals surface area contributed by atoms with Crippen molar-refractivity contribution in [1.82, 2.24) is 9.97 Å². The topological polar surface area (TPSA) is 25.8 Å². The van der Waals surface area contributed by atoms with Gasteiger partial charge in [0.1, 0.15) is 6.33 Å². The van der Waals surface area contributed by atoms with E-state index in [4.69, 9.17) is 0 Å². The number of nitrogens with zero attached hydrogens (tertiary/aromatic N) is 2. The molecular weight excluding hydrogens is 175 g/mol. The molecule has 12 heavy (non-hydrogen) atoms. The molecule has 1 aromatic heterocycles. The van der Waals surface area contributed by atoms with E-state index in [9.17, 15) is 0 Å². The van der Waals surface area contributed by atoms with E-state index in [1.807, 2.05) is 30.5 Å². The Morgan fingerprint density at radius 1 is 1.08 bits per heavy atom. The van der Waals surface area contributed by atoms with Crippen molar-refractivity contribution in [2.24, 2.45) is 0 Å². The van der Waals surface area contributed by atoms with Crippen LogP contribution >= 0.6 is 0 Å². The fourth-order valence-electron chi connectivity index (χ4n) is 0.923. The summed E-state index contributed by atoms with van der Waals surface area (Å²) in [5.41, 5.74) is 0.998. The quantitative estimate of drug-likeness (QED) is 0.391. The Kier molecular flexibility index (Phi) is 5.87. The largest absolute Gasteiger partial charge is 1.00 e. The zero-order valence-corrected chi connectivity index (χ0v) is 10.5. The molecule has 0 aliphatic heterocycles. The molecule has 0 bridgehead atoms. The van der Waals surface area contributed by atoms with Crippen LogP contribution in [0, 0.1) is 7.43 Å². The molecule has 56 valence electrons. The third-order valence-corrected chi connectivity index (χ3v) is 1.41. The molecule has 0 aliphatic carbocycles. The van der Waals surface area contributed by atoms with Crippen LogP contribution in [0.25, 0.3) is 10.9 Å². The van der Waals surface area contributed by atoms with Crippen molar-refractivity contribution in [3.63, 3.8) is 0 Å². The second-order valence-corrected chi connectivity index (χ2v) is 2.08. The van der Waals surface area contributed by atoms with Gasteiger partial charge in [0.15, 0.2) is 0 Å². The van der Waals surface area contributed by atoms with E-state index in [0.717, 1.165) is 10.9 Å². The van der Waals surface area contributed by atoms with Crippen molar-refractivity contribution < 1.29 is 51.4 Å². The maximum Gasteiger partial charge on any atom is 1.00 e. The summed E-state index contributed by atoms with van der Waals surface area (Å²) in [4.78, 5) is 7.97. The van der Waals surface area contributed by atoms with Crippen LogP contribution in [0.15, 0.2) is 36.8 Å². The minimum atomic E-state index is 0. The number of hydrogen-bond acceptors (Lipinski definition) is 2. The van der Waals surface area contributed by atoms with Crippen LogP contribution in [0.5, 0.6) is 0 Å². The van der Waals surface area contributed by atoms with E-state index >= 15 is 0 Å². The Bertz CT molecular complexity index is 284. The first kappa shape index (κ1) is 12.2. The fourth-order valence-corrected chi connectivity index (χ4v) is 0.923. The maximum absolute atomic E-state index is 4.07. The first-order valence-corrected chi connectivity index (χ1v) is 3.11. The molecule has 0 unspecified atom stereocenters. The zero-order chi connectivity index (χ0) is 6.81. The predicted octanol–water partition coefficient (Wildman–Crippen LogP) is -0.916. The molecule has 0 N–H and O–H groups in total. The molecule has 1 heterocycles. The molecule has 0 saturated heterocycles. The summed E-state index contributed by atoms with van der Waals surface area (Å²) in [7, 11) is 0. The number of hydrogen-bond donors (Lipinski definition) is 0. The van der Waals surface area contributed by atoms with Gasteiger partial charge in [0.25, 0.3) is 0 Å². The number of rotatable bonds is 0. The Morgan fingerprint density at radius 2 is 1.83 bits per heavy atom. The molecule has 0 amide bonds. The van der Waals surface area contributed by atoms with Gasteiger partial charge in [0.05, 0.1) is 5.52 Å². The minimum absolute atomic E-state index is 0. The summed E-state index contributed by atoms with van der Waals surface area (Å²) in [6, 6.07) is 7.91. The van der Waals surface area contributed by atoms with Gasteiger partial charge in [-0.3, -0.25) is 0 Å². The van der Waals surface area contributed by atoms with Gasteiger partial charge < -0.3 is 7.43 Å². The summed E-state index contributed by atoms with van der Waals surface area (Å²) in [5, 5.41) is 1.09. The van der Waals surface area contributed by atoms with Gasteiger partial charge in [-0.05, 0) is 6.07 Å². The van der Waals surface area contributed by atoms with Gasteiger partial charge in [-0.1, -0.05) is 18.2 Å². The minimum Gasteiger partial charge on any atom is -0.358 e. The maximum atomic E-state index is 4.07. The van der Waals surface area contributed by atoms with Gasteiger partial charge in [0.2, 0.25) is 0 Å². The van der Waals surface area contributed by atoms with E-state index in [1.54, 1.807) is 6.33 Å². The molecular formula is C9H9KN2. The van der Waals surface area contributed by atoms with Crippen LogP contribution in [0.4, 0.5) is 0 Å². The smallest absolute Gasteiger partial charge is 0.358 e. The van der Waals surface area contributed by atoms with Gasteiger partial charge in [0, 0.05) is 11.6 Å². The molecule has 3 heteroatoms. The predicted molar refractivity (Wildman–Crippen MR) is 46.0 cm³/mol. The number of para-hydroxylation sites is 1. The van der Waals surface area contributed by atoms with E-state index in [0.29, 0.717) is 0 Å². The number of aromatic nitrogens is 2. The molecule has 0 fully saturated rings. The van der Waals surface area contributed by atoms with Crippen LogP contribution in [-0.2, 0) is 0 Å². The molecule has 0 atom stereocenters.